The third kappa shape index (κ3) is 5.40. The average Bonchev–Trinajstić information content (AvgIpc) is 3.49. The van der Waals surface area contributed by atoms with Gasteiger partial charge < -0.3 is 9.88 Å². The highest BCUT2D eigenvalue weighted by atomic mass is 35.5. The molecular formula is C21H18ClF3N4OS. The van der Waals surface area contributed by atoms with Gasteiger partial charge in [-0.2, -0.15) is 13.2 Å². The molecule has 4 rings (SSSR count). The van der Waals surface area contributed by atoms with E-state index in [1.165, 1.54) is 17.8 Å². The van der Waals surface area contributed by atoms with Gasteiger partial charge in [-0.3, -0.25) is 4.79 Å². The Morgan fingerprint density at radius 1 is 1.16 bits per heavy atom. The van der Waals surface area contributed by atoms with Crippen molar-refractivity contribution in [3.63, 3.8) is 0 Å². The number of benzene rings is 2. The molecule has 0 saturated heterocycles. The summed E-state index contributed by atoms with van der Waals surface area (Å²) in [6.07, 6.45) is -2.47. The summed E-state index contributed by atoms with van der Waals surface area (Å²) in [4.78, 5) is 12.4. The minimum Gasteiger partial charge on any atom is -0.325 e. The predicted octanol–water partition coefficient (Wildman–Crippen LogP) is 5.61. The van der Waals surface area contributed by atoms with Crippen LogP contribution in [0.15, 0.2) is 53.7 Å². The van der Waals surface area contributed by atoms with E-state index in [4.69, 9.17) is 11.6 Å². The Labute approximate surface area is 186 Å². The van der Waals surface area contributed by atoms with Gasteiger partial charge in [0, 0.05) is 11.6 Å². The molecule has 10 heteroatoms. The number of carbonyl (C=O) groups is 1. The van der Waals surface area contributed by atoms with Crippen LogP contribution in [0.5, 0.6) is 0 Å². The fourth-order valence-corrected chi connectivity index (χ4v) is 4.08. The highest BCUT2D eigenvalue weighted by molar-refractivity contribution is 7.99. The smallest absolute Gasteiger partial charge is 0.325 e. The molecule has 1 aliphatic carbocycles. The van der Waals surface area contributed by atoms with Gasteiger partial charge in [0.05, 0.1) is 22.9 Å². The summed E-state index contributed by atoms with van der Waals surface area (Å²) in [5.41, 5.74) is 0.138. The van der Waals surface area contributed by atoms with Gasteiger partial charge in [-0.1, -0.05) is 53.7 Å². The second-order valence-electron chi connectivity index (χ2n) is 7.22. The Hall–Kier alpha value is -2.52. The quantitative estimate of drug-likeness (QED) is 0.460. The highest BCUT2D eigenvalue weighted by Gasteiger charge is 2.33. The lowest BCUT2D eigenvalue weighted by atomic mass is 10.2. The summed E-state index contributed by atoms with van der Waals surface area (Å²) in [6, 6.07) is 13.2. The summed E-state index contributed by atoms with van der Waals surface area (Å²) in [5.74, 6) is 0.831. The number of hydrogen-bond acceptors (Lipinski definition) is 4. The second-order valence-corrected chi connectivity index (χ2v) is 8.57. The monoisotopic (exact) mass is 466 g/mol. The van der Waals surface area contributed by atoms with Crippen LogP contribution in [0.4, 0.5) is 18.9 Å². The number of rotatable bonds is 7. The lowest BCUT2D eigenvalue weighted by molar-refractivity contribution is -0.137. The average molecular weight is 467 g/mol. The molecule has 2 aromatic carbocycles. The number of aromatic nitrogens is 3. The van der Waals surface area contributed by atoms with Crippen LogP contribution in [0, 0.1) is 0 Å². The van der Waals surface area contributed by atoms with E-state index in [0.717, 1.165) is 36.4 Å². The molecule has 0 atom stereocenters. The number of halogens is 4. The van der Waals surface area contributed by atoms with Gasteiger partial charge in [-0.25, -0.2) is 0 Å². The zero-order chi connectivity index (χ0) is 22.0. The molecule has 1 heterocycles. The molecule has 0 spiro atoms. The first kappa shape index (κ1) is 21.7. The lowest BCUT2D eigenvalue weighted by Crippen LogP contribution is -2.16. The summed E-state index contributed by atoms with van der Waals surface area (Å²) in [6.45, 7) is 0.593. The van der Waals surface area contributed by atoms with Crippen molar-refractivity contribution < 1.29 is 18.0 Å². The Bertz CT molecular complexity index is 1080. The van der Waals surface area contributed by atoms with Crippen LogP contribution in [0.3, 0.4) is 0 Å². The number of amides is 1. The highest BCUT2D eigenvalue weighted by Crippen LogP contribution is 2.40. The Morgan fingerprint density at radius 2 is 1.90 bits per heavy atom. The molecule has 1 aliphatic rings. The third-order valence-corrected chi connectivity index (χ3v) is 6.06. The number of alkyl halides is 3. The molecule has 0 aliphatic heterocycles. The van der Waals surface area contributed by atoms with Crippen LogP contribution in [-0.4, -0.2) is 26.4 Å². The maximum Gasteiger partial charge on any atom is 0.417 e. The van der Waals surface area contributed by atoms with E-state index < -0.39 is 22.7 Å². The van der Waals surface area contributed by atoms with Gasteiger partial charge in [0.25, 0.3) is 0 Å². The third-order valence-electron chi connectivity index (χ3n) is 4.76. The standard InChI is InChI=1S/C21H18ClF3N4OS/c22-17-9-8-15(10-16(17)21(23,24)25)26-18(30)12-31-20-28-27-19(14-6-7-14)29(20)11-13-4-2-1-3-5-13/h1-5,8-10,14H,6-7,11-12H2,(H,26,30). The Balaban J connectivity index is 1.44. The minimum absolute atomic E-state index is 0.0123. The number of hydrogen-bond donors (Lipinski definition) is 1. The number of carbonyl (C=O) groups excluding carboxylic acids is 1. The molecule has 0 radical (unpaired) electrons. The van der Waals surface area contributed by atoms with Crippen LogP contribution < -0.4 is 5.32 Å². The van der Waals surface area contributed by atoms with E-state index in [9.17, 15) is 18.0 Å². The van der Waals surface area contributed by atoms with E-state index in [0.29, 0.717) is 17.6 Å². The van der Waals surface area contributed by atoms with Crippen molar-refractivity contribution in [1.82, 2.24) is 14.8 Å². The van der Waals surface area contributed by atoms with E-state index >= 15 is 0 Å². The van der Waals surface area contributed by atoms with E-state index in [1.807, 2.05) is 34.9 Å². The second kappa shape index (κ2) is 8.92. The van der Waals surface area contributed by atoms with Crippen LogP contribution >= 0.6 is 23.4 Å². The van der Waals surface area contributed by atoms with Crippen LogP contribution in [0.2, 0.25) is 5.02 Å². The first-order chi connectivity index (χ1) is 14.8. The molecule has 3 aromatic rings. The van der Waals surface area contributed by atoms with Crippen molar-refractivity contribution in [1.29, 1.82) is 0 Å². The maximum absolute atomic E-state index is 13.0. The van der Waals surface area contributed by atoms with Crippen molar-refractivity contribution >= 4 is 35.0 Å². The molecule has 5 nitrogen and oxygen atoms in total. The topological polar surface area (TPSA) is 59.8 Å². The molecule has 1 N–H and O–H groups in total. The van der Waals surface area contributed by atoms with Crippen molar-refractivity contribution in [3.8, 4) is 0 Å². The number of nitrogens with one attached hydrogen (secondary N) is 1. The Kier molecular flexibility index (Phi) is 6.24. The molecule has 162 valence electrons. The van der Waals surface area contributed by atoms with Gasteiger partial charge in [0.15, 0.2) is 5.16 Å². The lowest BCUT2D eigenvalue weighted by Gasteiger charge is -2.12. The molecule has 31 heavy (non-hydrogen) atoms. The number of nitrogens with zero attached hydrogens (tertiary/aromatic N) is 3. The fraction of sp³-hybridized carbons (Fsp3) is 0.286. The van der Waals surface area contributed by atoms with Crippen LogP contribution in [0.1, 0.15) is 35.7 Å². The van der Waals surface area contributed by atoms with Crippen LogP contribution in [0.25, 0.3) is 0 Å². The van der Waals surface area contributed by atoms with Gasteiger partial charge in [-0.15, -0.1) is 10.2 Å². The minimum atomic E-state index is -4.60. The summed E-state index contributed by atoms with van der Waals surface area (Å²) in [5, 5.41) is 11.2. The van der Waals surface area contributed by atoms with Gasteiger partial charge in [-0.05, 0) is 36.6 Å². The zero-order valence-electron chi connectivity index (χ0n) is 16.2. The van der Waals surface area contributed by atoms with Crippen molar-refractivity contribution in [2.45, 2.75) is 36.6 Å². The summed E-state index contributed by atoms with van der Waals surface area (Å²) < 4.78 is 41.0. The molecule has 0 bridgehead atoms. The zero-order valence-corrected chi connectivity index (χ0v) is 17.8. The first-order valence-corrected chi connectivity index (χ1v) is 10.9. The van der Waals surface area contributed by atoms with Crippen molar-refractivity contribution in [3.05, 3.63) is 70.5 Å². The molecule has 0 unspecified atom stereocenters. The molecule has 1 saturated carbocycles. The van der Waals surface area contributed by atoms with Gasteiger partial charge >= 0.3 is 6.18 Å². The summed E-state index contributed by atoms with van der Waals surface area (Å²) >= 11 is 6.82. The van der Waals surface area contributed by atoms with Gasteiger partial charge in [0.2, 0.25) is 5.91 Å². The molecule has 1 fully saturated rings. The van der Waals surface area contributed by atoms with Gasteiger partial charge in [0.1, 0.15) is 5.82 Å². The van der Waals surface area contributed by atoms with E-state index in [2.05, 4.69) is 15.5 Å². The van der Waals surface area contributed by atoms with Crippen molar-refractivity contribution in [2.24, 2.45) is 0 Å². The number of anilines is 1. The Morgan fingerprint density at radius 3 is 2.58 bits per heavy atom. The molecule has 1 amide bonds. The van der Waals surface area contributed by atoms with Crippen molar-refractivity contribution in [2.75, 3.05) is 11.1 Å². The fourth-order valence-electron chi connectivity index (χ4n) is 3.11. The van der Waals surface area contributed by atoms with Crippen LogP contribution in [-0.2, 0) is 17.5 Å². The SMILES string of the molecule is O=C(CSc1nnc(C2CC2)n1Cc1ccccc1)Nc1ccc(Cl)c(C(F)(F)F)c1. The predicted molar refractivity (Wildman–Crippen MR) is 113 cm³/mol. The molecular weight excluding hydrogens is 449 g/mol. The van der Waals surface area contributed by atoms with E-state index in [-0.39, 0.29) is 11.4 Å². The van der Waals surface area contributed by atoms with E-state index in [1.54, 1.807) is 0 Å². The summed E-state index contributed by atoms with van der Waals surface area (Å²) in [7, 11) is 0. The first-order valence-electron chi connectivity index (χ1n) is 9.57. The normalized spacial score (nSPS) is 13.9. The largest absolute Gasteiger partial charge is 0.417 e. The molecule has 1 aromatic heterocycles. The number of thioether (sulfide) groups is 1. The maximum atomic E-state index is 13.0.